The van der Waals surface area contributed by atoms with Crippen LogP contribution in [0.15, 0.2) is 23.4 Å². The van der Waals surface area contributed by atoms with Crippen LogP contribution in [0.2, 0.25) is 0 Å². The summed E-state index contributed by atoms with van der Waals surface area (Å²) in [5.41, 5.74) is 1.15. The third kappa shape index (κ3) is 6.98. The molecule has 102 valence electrons. The molecule has 0 fully saturated rings. The largest absolute Gasteiger partial charge is 0.313 e. The molecule has 0 unspecified atom stereocenters. The van der Waals surface area contributed by atoms with Crippen molar-refractivity contribution in [3.05, 3.63) is 23.9 Å². The number of rotatable bonds is 8. The van der Waals surface area contributed by atoms with E-state index < -0.39 is 9.84 Å². The number of nitrogens with zero attached hydrogens (tertiary/aromatic N) is 1. The van der Waals surface area contributed by atoms with Crippen LogP contribution in [0.4, 0.5) is 0 Å². The van der Waals surface area contributed by atoms with Gasteiger partial charge in [-0.15, -0.1) is 11.8 Å². The highest BCUT2D eigenvalue weighted by Gasteiger charge is 2.03. The first kappa shape index (κ1) is 15.5. The van der Waals surface area contributed by atoms with E-state index in [1.165, 1.54) is 18.0 Å². The Labute approximate surface area is 114 Å². The van der Waals surface area contributed by atoms with Crippen LogP contribution < -0.4 is 5.32 Å². The minimum atomic E-state index is -2.88. The molecule has 0 saturated carbocycles. The van der Waals surface area contributed by atoms with E-state index in [-0.39, 0.29) is 5.75 Å². The van der Waals surface area contributed by atoms with Crippen LogP contribution in [0.25, 0.3) is 0 Å². The quantitative estimate of drug-likeness (QED) is 0.583. The van der Waals surface area contributed by atoms with Gasteiger partial charge in [0.25, 0.3) is 0 Å². The zero-order valence-corrected chi connectivity index (χ0v) is 12.5. The summed E-state index contributed by atoms with van der Waals surface area (Å²) in [5.74, 6) is 0.748. The first-order chi connectivity index (χ1) is 8.51. The maximum atomic E-state index is 11.0. The van der Waals surface area contributed by atoms with Crippen LogP contribution in [-0.4, -0.2) is 37.7 Å². The highest BCUT2D eigenvalue weighted by molar-refractivity contribution is 8.00. The third-order valence-corrected chi connectivity index (χ3v) is 4.41. The number of sulfone groups is 1. The van der Waals surface area contributed by atoms with Gasteiger partial charge in [0.1, 0.15) is 9.84 Å². The van der Waals surface area contributed by atoms with E-state index >= 15 is 0 Å². The normalized spacial score (nSPS) is 11.7. The first-order valence-corrected chi connectivity index (χ1v) is 9.02. The van der Waals surface area contributed by atoms with E-state index in [4.69, 9.17) is 0 Å². The second-order valence-corrected chi connectivity index (χ2v) is 7.53. The molecule has 0 aliphatic carbocycles. The Morgan fingerprint density at radius 2 is 2.17 bits per heavy atom. The third-order valence-electron chi connectivity index (χ3n) is 2.26. The molecule has 0 amide bonds. The Morgan fingerprint density at radius 1 is 1.39 bits per heavy atom. The highest BCUT2D eigenvalue weighted by Crippen LogP contribution is 2.15. The topological polar surface area (TPSA) is 59.1 Å². The van der Waals surface area contributed by atoms with Crippen LogP contribution in [0.3, 0.4) is 0 Å². The molecule has 1 aromatic heterocycles. The first-order valence-electron chi connectivity index (χ1n) is 5.97. The molecule has 0 radical (unpaired) electrons. The van der Waals surface area contributed by atoms with Crippen molar-refractivity contribution < 1.29 is 8.42 Å². The number of hydrogen-bond acceptors (Lipinski definition) is 5. The predicted octanol–water partition coefficient (Wildman–Crippen LogP) is 1.72. The molecule has 6 heteroatoms. The molecule has 0 aliphatic rings. The van der Waals surface area contributed by atoms with Gasteiger partial charge in [-0.05, 0) is 24.6 Å². The van der Waals surface area contributed by atoms with Crippen molar-refractivity contribution in [2.45, 2.75) is 24.9 Å². The predicted molar refractivity (Wildman–Crippen MR) is 76.7 cm³/mol. The zero-order valence-electron chi connectivity index (χ0n) is 10.8. The second kappa shape index (κ2) is 7.76. The van der Waals surface area contributed by atoms with Gasteiger partial charge in [0.15, 0.2) is 0 Å². The maximum absolute atomic E-state index is 11.0. The van der Waals surface area contributed by atoms with E-state index in [1.807, 2.05) is 18.3 Å². The van der Waals surface area contributed by atoms with Gasteiger partial charge in [-0.1, -0.05) is 13.0 Å². The summed E-state index contributed by atoms with van der Waals surface area (Å²) in [7, 11) is -2.88. The standard InChI is InChI=1S/C12H20N2O2S2/c1-3-6-13-9-11-4-5-12(14-10-11)17-7-8-18(2,15)16/h4-5,10,13H,3,6-9H2,1-2H3. The number of aromatic nitrogens is 1. The van der Waals surface area contributed by atoms with Crippen molar-refractivity contribution >= 4 is 21.6 Å². The molecule has 1 N–H and O–H groups in total. The molecule has 0 aliphatic heterocycles. The number of nitrogens with one attached hydrogen (secondary N) is 1. The summed E-state index contributed by atoms with van der Waals surface area (Å²) in [6.07, 6.45) is 4.21. The lowest BCUT2D eigenvalue weighted by molar-refractivity contribution is 0.603. The van der Waals surface area contributed by atoms with Crippen LogP contribution in [0.1, 0.15) is 18.9 Å². The molecule has 1 heterocycles. The lowest BCUT2D eigenvalue weighted by Crippen LogP contribution is -2.13. The fraction of sp³-hybridized carbons (Fsp3) is 0.583. The molecule has 1 aromatic rings. The average molecular weight is 288 g/mol. The fourth-order valence-corrected chi connectivity index (χ4v) is 3.35. The SMILES string of the molecule is CCCNCc1ccc(SCCS(C)(=O)=O)nc1. The molecule has 0 atom stereocenters. The molecule has 18 heavy (non-hydrogen) atoms. The monoisotopic (exact) mass is 288 g/mol. The molecular formula is C12H20N2O2S2. The summed E-state index contributed by atoms with van der Waals surface area (Å²) in [6.45, 7) is 3.97. The van der Waals surface area contributed by atoms with E-state index in [1.54, 1.807) is 0 Å². The van der Waals surface area contributed by atoms with Crippen LogP contribution in [0.5, 0.6) is 0 Å². The number of hydrogen-bond donors (Lipinski definition) is 1. The summed E-state index contributed by atoms with van der Waals surface area (Å²) < 4.78 is 22.0. The molecule has 4 nitrogen and oxygen atoms in total. The van der Waals surface area contributed by atoms with Gasteiger partial charge in [-0.2, -0.15) is 0 Å². The molecule has 0 bridgehead atoms. The van der Waals surface area contributed by atoms with Crippen molar-refractivity contribution in [3.63, 3.8) is 0 Å². The van der Waals surface area contributed by atoms with Gasteiger partial charge >= 0.3 is 0 Å². The van der Waals surface area contributed by atoms with Crippen LogP contribution in [-0.2, 0) is 16.4 Å². The van der Waals surface area contributed by atoms with Gasteiger partial charge in [0, 0.05) is 24.8 Å². The molecule has 0 spiro atoms. The van der Waals surface area contributed by atoms with Gasteiger partial charge in [0.05, 0.1) is 10.8 Å². The smallest absolute Gasteiger partial charge is 0.148 e. The van der Waals surface area contributed by atoms with Gasteiger partial charge in [-0.3, -0.25) is 0 Å². The van der Waals surface area contributed by atoms with Crippen LogP contribution >= 0.6 is 11.8 Å². The summed E-state index contributed by atoms with van der Waals surface area (Å²) >= 11 is 1.47. The van der Waals surface area contributed by atoms with Crippen molar-refractivity contribution in [1.82, 2.24) is 10.3 Å². The van der Waals surface area contributed by atoms with Crippen molar-refractivity contribution in [1.29, 1.82) is 0 Å². The summed E-state index contributed by atoms with van der Waals surface area (Å²) in [4.78, 5) is 4.31. The van der Waals surface area contributed by atoms with Crippen molar-refractivity contribution in [3.8, 4) is 0 Å². The van der Waals surface area contributed by atoms with Gasteiger partial charge < -0.3 is 5.32 Å². The zero-order chi connectivity index (χ0) is 13.4. The lowest BCUT2D eigenvalue weighted by Gasteiger charge is -2.04. The average Bonchev–Trinajstić information content (AvgIpc) is 2.30. The van der Waals surface area contributed by atoms with Crippen molar-refractivity contribution in [2.24, 2.45) is 0 Å². The Balaban J connectivity index is 2.36. The van der Waals surface area contributed by atoms with Crippen LogP contribution in [0, 0.1) is 0 Å². The van der Waals surface area contributed by atoms with Gasteiger partial charge in [0.2, 0.25) is 0 Å². The number of thioether (sulfide) groups is 1. The van der Waals surface area contributed by atoms with E-state index in [2.05, 4.69) is 17.2 Å². The van der Waals surface area contributed by atoms with Gasteiger partial charge in [-0.25, -0.2) is 13.4 Å². The minimum absolute atomic E-state index is 0.194. The maximum Gasteiger partial charge on any atom is 0.148 e. The molecule has 1 rings (SSSR count). The fourth-order valence-electron chi connectivity index (χ4n) is 1.31. The van der Waals surface area contributed by atoms with E-state index in [9.17, 15) is 8.42 Å². The van der Waals surface area contributed by atoms with Crippen molar-refractivity contribution in [2.75, 3.05) is 24.3 Å². The summed E-state index contributed by atoms with van der Waals surface area (Å²) in [5, 5.41) is 4.18. The molecular weight excluding hydrogens is 268 g/mol. The Morgan fingerprint density at radius 3 is 2.72 bits per heavy atom. The Kier molecular flexibility index (Phi) is 6.67. The molecule has 0 saturated heterocycles. The Hall–Kier alpha value is -0.590. The van der Waals surface area contributed by atoms with E-state index in [0.29, 0.717) is 5.75 Å². The number of pyridine rings is 1. The summed E-state index contributed by atoms with van der Waals surface area (Å²) in [6, 6.07) is 3.97. The van der Waals surface area contributed by atoms with E-state index in [0.717, 1.165) is 30.1 Å². The minimum Gasteiger partial charge on any atom is -0.313 e. The highest BCUT2D eigenvalue weighted by atomic mass is 32.2. The lowest BCUT2D eigenvalue weighted by atomic mass is 10.3. The molecule has 0 aromatic carbocycles. The Bertz CT molecular complexity index is 444. The second-order valence-electron chi connectivity index (χ2n) is 4.16.